The summed E-state index contributed by atoms with van der Waals surface area (Å²) in [6.45, 7) is 0. The molecule has 2 aromatic heterocycles. The molecular formula is C39H23NS. The molecule has 0 N–H and O–H groups in total. The molecule has 1 nitrogen and oxygen atoms in total. The maximum atomic E-state index is 4.84. The summed E-state index contributed by atoms with van der Waals surface area (Å²) in [5, 5.41) is 12.8. The lowest BCUT2D eigenvalue weighted by molar-refractivity contribution is 1.48. The van der Waals surface area contributed by atoms with Gasteiger partial charge in [0.15, 0.2) is 0 Å². The zero-order chi connectivity index (χ0) is 26.9. The standard InChI is InChI=1S/C39H23NS/c1-2-12-32-30(10-1)31-11-3-4-13-33(31)36-22-27(17-19-34(32)36)25-9-7-8-24(20-25)26-16-18-29-28(21-26)23-40-39-38(29)35-14-5-6-15-37(35)41-39/h1-23H. The van der Waals surface area contributed by atoms with Gasteiger partial charge < -0.3 is 0 Å². The van der Waals surface area contributed by atoms with Crippen molar-refractivity contribution in [3.05, 3.63) is 140 Å². The van der Waals surface area contributed by atoms with Gasteiger partial charge in [-0.1, -0.05) is 109 Å². The van der Waals surface area contributed by atoms with Crippen LogP contribution in [0.25, 0.3) is 85.6 Å². The Morgan fingerprint density at radius 1 is 0.390 bits per heavy atom. The van der Waals surface area contributed by atoms with Crippen LogP contribution in [-0.4, -0.2) is 4.98 Å². The number of thiophene rings is 1. The van der Waals surface area contributed by atoms with Crippen molar-refractivity contribution < 1.29 is 0 Å². The number of pyridine rings is 1. The third-order valence-corrected chi connectivity index (χ3v) is 9.57. The van der Waals surface area contributed by atoms with E-state index in [9.17, 15) is 0 Å². The lowest BCUT2D eigenvalue weighted by Gasteiger charge is -2.13. The van der Waals surface area contributed by atoms with Gasteiger partial charge in [0, 0.05) is 27.1 Å². The Morgan fingerprint density at radius 2 is 0.927 bits per heavy atom. The maximum Gasteiger partial charge on any atom is 0.125 e. The van der Waals surface area contributed by atoms with Crippen molar-refractivity contribution in [2.75, 3.05) is 0 Å². The normalized spacial score (nSPS) is 11.9. The molecule has 0 bridgehead atoms. The summed E-state index contributed by atoms with van der Waals surface area (Å²) in [4.78, 5) is 5.94. The van der Waals surface area contributed by atoms with Gasteiger partial charge in [-0.15, -0.1) is 11.3 Å². The smallest absolute Gasteiger partial charge is 0.125 e. The van der Waals surface area contributed by atoms with E-state index in [2.05, 4.69) is 133 Å². The highest BCUT2D eigenvalue weighted by atomic mass is 32.1. The third kappa shape index (κ3) is 3.45. The molecule has 0 unspecified atom stereocenters. The lowest BCUT2D eigenvalue weighted by Crippen LogP contribution is -1.86. The van der Waals surface area contributed by atoms with Crippen LogP contribution in [0.1, 0.15) is 0 Å². The molecule has 2 heterocycles. The quantitative estimate of drug-likeness (QED) is 0.200. The predicted molar refractivity (Wildman–Crippen MR) is 178 cm³/mol. The summed E-state index contributed by atoms with van der Waals surface area (Å²) in [7, 11) is 0. The summed E-state index contributed by atoms with van der Waals surface area (Å²) < 4.78 is 1.29. The van der Waals surface area contributed by atoms with E-state index >= 15 is 0 Å². The molecule has 0 saturated carbocycles. The minimum atomic E-state index is 1.10. The lowest BCUT2D eigenvalue weighted by atomic mass is 9.91. The van der Waals surface area contributed by atoms with E-state index in [1.54, 1.807) is 11.3 Å². The summed E-state index contributed by atoms with van der Waals surface area (Å²) in [6.07, 6.45) is 2.03. The van der Waals surface area contributed by atoms with Gasteiger partial charge in [-0.25, -0.2) is 4.98 Å². The second-order valence-electron chi connectivity index (χ2n) is 10.8. The Hall–Kier alpha value is -5.05. The molecule has 2 heteroatoms. The second kappa shape index (κ2) is 8.72. The highest BCUT2D eigenvalue weighted by molar-refractivity contribution is 7.25. The van der Waals surface area contributed by atoms with E-state index in [0.717, 1.165) is 4.83 Å². The first kappa shape index (κ1) is 22.7. The highest BCUT2D eigenvalue weighted by Crippen LogP contribution is 2.40. The van der Waals surface area contributed by atoms with E-state index in [0.29, 0.717) is 0 Å². The molecule has 41 heavy (non-hydrogen) atoms. The van der Waals surface area contributed by atoms with Crippen LogP contribution < -0.4 is 0 Å². The Bertz CT molecular complexity index is 2450. The molecule has 190 valence electrons. The second-order valence-corrected chi connectivity index (χ2v) is 11.8. The van der Waals surface area contributed by atoms with Gasteiger partial charge in [-0.05, 0) is 84.2 Å². The molecule has 0 spiro atoms. The van der Waals surface area contributed by atoms with E-state index in [4.69, 9.17) is 4.98 Å². The van der Waals surface area contributed by atoms with Crippen LogP contribution >= 0.6 is 11.3 Å². The van der Waals surface area contributed by atoms with Crippen molar-refractivity contribution in [1.29, 1.82) is 0 Å². The van der Waals surface area contributed by atoms with Gasteiger partial charge in [0.2, 0.25) is 0 Å². The monoisotopic (exact) mass is 537 g/mol. The zero-order valence-corrected chi connectivity index (χ0v) is 23.0. The Labute approximate surface area is 240 Å². The van der Waals surface area contributed by atoms with Crippen LogP contribution in [0.3, 0.4) is 0 Å². The fourth-order valence-electron chi connectivity index (χ4n) is 6.55. The number of hydrogen-bond acceptors (Lipinski definition) is 2. The number of aromatic nitrogens is 1. The zero-order valence-electron chi connectivity index (χ0n) is 22.1. The Kier molecular flexibility index (Phi) is 4.84. The fourth-order valence-corrected chi connectivity index (χ4v) is 7.62. The molecule has 0 aliphatic heterocycles. The first-order chi connectivity index (χ1) is 20.3. The number of benzene rings is 7. The van der Waals surface area contributed by atoms with E-state index < -0.39 is 0 Å². The SMILES string of the molecule is c1cc(-c2ccc3c(cnc4sc5ccccc5c43)c2)cc(-c2ccc3c4ccccc4c4ccccc4c3c2)c1. The van der Waals surface area contributed by atoms with Crippen molar-refractivity contribution in [2.45, 2.75) is 0 Å². The topological polar surface area (TPSA) is 12.9 Å². The van der Waals surface area contributed by atoms with Gasteiger partial charge in [-0.3, -0.25) is 0 Å². The van der Waals surface area contributed by atoms with Crippen molar-refractivity contribution in [1.82, 2.24) is 4.98 Å². The number of nitrogens with zero attached hydrogens (tertiary/aromatic N) is 1. The molecule has 0 aliphatic carbocycles. The molecule has 0 aliphatic rings. The Morgan fingerprint density at radius 3 is 1.63 bits per heavy atom. The number of rotatable bonds is 2. The van der Waals surface area contributed by atoms with Crippen molar-refractivity contribution in [2.24, 2.45) is 0 Å². The average molecular weight is 538 g/mol. The van der Waals surface area contributed by atoms with Gasteiger partial charge in [0.1, 0.15) is 4.83 Å². The van der Waals surface area contributed by atoms with E-state index in [1.807, 2.05) is 6.20 Å². The molecule has 9 aromatic rings. The summed E-state index contributed by atoms with van der Waals surface area (Å²) in [6, 6.07) is 48.8. The maximum absolute atomic E-state index is 4.84. The molecule has 0 atom stereocenters. The molecule has 0 radical (unpaired) electrons. The molecule has 7 aromatic carbocycles. The first-order valence-corrected chi connectivity index (χ1v) is 14.8. The predicted octanol–water partition coefficient (Wildman–Crippen LogP) is 11.4. The van der Waals surface area contributed by atoms with Gasteiger partial charge >= 0.3 is 0 Å². The summed E-state index contributed by atoms with van der Waals surface area (Å²) in [5.74, 6) is 0. The van der Waals surface area contributed by atoms with Crippen molar-refractivity contribution >= 4 is 74.7 Å². The van der Waals surface area contributed by atoms with Crippen LogP contribution in [-0.2, 0) is 0 Å². The summed E-state index contributed by atoms with van der Waals surface area (Å²) >= 11 is 1.77. The first-order valence-electron chi connectivity index (χ1n) is 14.0. The van der Waals surface area contributed by atoms with Crippen LogP contribution in [0.4, 0.5) is 0 Å². The van der Waals surface area contributed by atoms with Gasteiger partial charge in [0.25, 0.3) is 0 Å². The Balaban J connectivity index is 1.20. The van der Waals surface area contributed by atoms with Gasteiger partial charge in [0.05, 0.1) is 0 Å². The van der Waals surface area contributed by atoms with Crippen LogP contribution in [0.15, 0.2) is 140 Å². The fraction of sp³-hybridized carbons (Fsp3) is 0. The minimum Gasteiger partial charge on any atom is -0.245 e. The van der Waals surface area contributed by atoms with Crippen LogP contribution in [0.5, 0.6) is 0 Å². The molecule has 0 fully saturated rings. The third-order valence-electron chi connectivity index (χ3n) is 8.49. The van der Waals surface area contributed by atoms with E-state index in [1.165, 1.54) is 80.8 Å². The largest absolute Gasteiger partial charge is 0.245 e. The van der Waals surface area contributed by atoms with Crippen molar-refractivity contribution in [3.63, 3.8) is 0 Å². The van der Waals surface area contributed by atoms with Gasteiger partial charge in [-0.2, -0.15) is 0 Å². The highest BCUT2D eigenvalue weighted by Gasteiger charge is 2.12. The number of fused-ring (bicyclic) bond motifs is 11. The van der Waals surface area contributed by atoms with Crippen LogP contribution in [0.2, 0.25) is 0 Å². The molecular weight excluding hydrogens is 515 g/mol. The van der Waals surface area contributed by atoms with Crippen LogP contribution in [0, 0.1) is 0 Å². The molecule has 9 rings (SSSR count). The van der Waals surface area contributed by atoms with E-state index in [-0.39, 0.29) is 0 Å². The molecule has 0 amide bonds. The summed E-state index contributed by atoms with van der Waals surface area (Å²) in [5.41, 5.74) is 4.87. The minimum absolute atomic E-state index is 1.10. The molecule has 0 saturated heterocycles. The average Bonchev–Trinajstić information content (AvgIpc) is 3.44. The number of hydrogen-bond donors (Lipinski definition) is 0. The van der Waals surface area contributed by atoms with Crippen molar-refractivity contribution in [3.8, 4) is 22.3 Å².